The number of piperidine rings is 1. The van der Waals surface area contributed by atoms with Gasteiger partial charge in [0, 0.05) is 54.5 Å². The smallest absolute Gasteiger partial charge is 0.294 e. The molecule has 3 unspecified atom stereocenters. The summed E-state index contributed by atoms with van der Waals surface area (Å²) in [5, 5.41) is 22.5. The Balaban J connectivity index is 1.15. The summed E-state index contributed by atoms with van der Waals surface area (Å²) in [6.45, 7) is 1.95. The maximum atomic E-state index is 13.8. The van der Waals surface area contributed by atoms with Crippen LogP contribution < -0.4 is 14.2 Å². The first kappa shape index (κ1) is 39.0. The van der Waals surface area contributed by atoms with Crippen molar-refractivity contribution in [3.63, 3.8) is 0 Å². The molecule has 12 heteroatoms. The van der Waals surface area contributed by atoms with E-state index in [2.05, 4.69) is 10.9 Å². The van der Waals surface area contributed by atoms with Gasteiger partial charge in [-0.2, -0.15) is 0 Å². The molecule has 1 aliphatic rings. The average Bonchev–Trinajstić information content (AvgIpc) is 3.23. The SMILES string of the molecule is COc1ccccc1COCCCOc1ccc(C2C(CO)CN(C(=O)c3ccc(CO[N+](=O)[O-])cc3)CC2OCc2cc(OC)c3ccccc3c2)cc1. The van der Waals surface area contributed by atoms with Crippen LogP contribution in [0.3, 0.4) is 0 Å². The summed E-state index contributed by atoms with van der Waals surface area (Å²) < 4.78 is 29.7. The van der Waals surface area contributed by atoms with Gasteiger partial charge < -0.3 is 38.5 Å². The quantitative estimate of drug-likeness (QED) is 0.0567. The first-order chi connectivity index (χ1) is 26.9. The molecule has 1 amide bonds. The van der Waals surface area contributed by atoms with Gasteiger partial charge in [-0.3, -0.25) is 4.79 Å². The van der Waals surface area contributed by atoms with Crippen LogP contribution in [-0.4, -0.2) is 74.2 Å². The Hall–Kier alpha value is -5.69. The second-order valence-electron chi connectivity index (χ2n) is 13.4. The number of hydrogen-bond acceptors (Lipinski definition) is 10. The fourth-order valence-corrected chi connectivity index (χ4v) is 7.07. The van der Waals surface area contributed by atoms with Gasteiger partial charge in [0.05, 0.1) is 46.8 Å². The van der Waals surface area contributed by atoms with E-state index in [9.17, 15) is 20.0 Å². The van der Waals surface area contributed by atoms with Crippen molar-refractivity contribution in [3.8, 4) is 17.2 Å². The van der Waals surface area contributed by atoms with Crippen LogP contribution in [0.25, 0.3) is 10.8 Å². The minimum absolute atomic E-state index is 0.164. The Morgan fingerprint density at radius 2 is 1.56 bits per heavy atom. The summed E-state index contributed by atoms with van der Waals surface area (Å²) in [6.07, 6.45) is 0.244. The number of ether oxygens (including phenoxy) is 5. The molecule has 0 aromatic heterocycles. The first-order valence-corrected chi connectivity index (χ1v) is 18.2. The van der Waals surface area contributed by atoms with Crippen molar-refractivity contribution in [2.75, 3.05) is 47.1 Å². The Bertz CT molecular complexity index is 2020. The summed E-state index contributed by atoms with van der Waals surface area (Å²) in [6, 6.07) is 34.2. The van der Waals surface area contributed by atoms with E-state index in [1.807, 2.05) is 78.9 Å². The van der Waals surface area contributed by atoms with Crippen molar-refractivity contribution in [1.29, 1.82) is 0 Å². The zero-order valence-electron chi connectivity index (χ0n) is 31.0. The lowest BCUT2D eigenvalue weighted by Crippen LogP contribution is -2.52. The number of likely N-dealkylation sites (tertiary alicyclic amines) is 1. The maximum Gasteiger partial charge on any atom is 0.294 e. The molecule has 0 radical (unpaired) electrons. The molecule has 5 aromatic carbocycles. The van der Waals surface area contributed by atoms with Gasteiger partial charge >= 0.3 is 0 Å². The van der Waals surface area contributed by atoms with E-state index >= 15 is 0 Å². The monoisotopic (exact) mass is 750 g/mol. The second-order valence-corrected chi connectivity index (χ2v) is 13.4. The number of hydrogen-bond donors (Lipinski definition) is 1. The number of benzene rings is 5. The van der Waals surface area contributed by atoms with Crippen LogP contribution in [0, 0.1) is 16.0 Å². The van der Waals surface area contributed by atoms with Crippen molar-refractivity contribution >= 4 is 16.7 Å². The van der Waals surface area contributed by atoms with Crippen LogP contribution >= 0.6 is 0 Å². The largest absolute Gasteiger partial charge is 0.496 e. The van der Waals surface area contributed by atoms with Gasteiger partial charge in [-0.05, 0) is 64.5 Å². The molecular weight excluding hydrogens is 704 g/mol. The summed E-state index contributed by atoms with van der Waals surface area (Å²) in [5.41, 5.74) is 3.87. The molecule has 1 N–H and O–H groups in total. The Kier molecular flexibility index (Phi) is 13.5. The molecule has 0 saturated carbocycles. The molecule has 0 spiro atoms. The standard InChI is InChI=1S/C43H46N2O10/c1-50-39-11-6-4-9-35(39)29-52-20-7-21-53-37-18-16-32(17-19-37)42-36(26-46)24-44(43(47)33-14-12-30(13-15-33)28-55-45(48)49)25-41(42)54-27-31-22-34-8-3-5-10-38(34)40(23-31)51-2/h3-6,8-19,22-23,36,41-42,46H,7,20-21,24-29H2,1-2H3. The molecule has 0 bridgehead atoms. The van der Waals surface area contributed by atoms with Crippen LogP contribution in [0.5, 0.6) is 17.2 Å². The minimum Gasteiger partial charge on any atom is -0.496 e. The first-order valence-electron chi connectivity index (χ1n) is 18.2. The summed E-state index contributed by atoms with van der Waals surface area (Å²) in [7, 11) is 3.29. The number of rotatable bonds is 18. The molecule has 55 heavy (non-hydrogen) atoms. The van der Waals surface area contributed by atoms with E-state index < -0.39 is 11.2 Å². The van der Waals surface area contributed by atoms with E-state index in [1.165, 1.54) is 0 Å². The Labute approximate surface area is 320 Å². The fourth-order valence-electron chi connectivity index (χ4n) is 7.07. The van der Waals surface area contributed by atoms with Crippen molar-refractivity contribution in [1.82, 2.24) is 4.90 Å². The molecule has 6 rings (SSSR count). The molecule has 12 nitrogen and oxygen atoms in total. The van der Waals surface area contributed by atoms with E-state index in [1.54, 1.807) is 43.4 Å². The van der Waals surface area contributed by atoms with Crippen LogP contribution in [0.15, 0.2) is 109 Å². The molecule has 1 heterocycles. The summed E-state index contributed by atoms with van der Waals surface area (Å²) >= 11 is 0. The highest BCUT2D eigenvalue weighted by Gasteiger charge is 2.40. The number of aliphatic hydroxyl groups is 1. The van der Waals surface area contributed by atoms with Crippen molar-refractivity contribution in [3.05, 3.63) is 147 Å². The summed E-state index contributed by atoms with van der Waals surface area (Å²) in [5.74, 6) is 1.48. The van der Waals surface area contributed by atoms with Gasteiger partial charge in [-0.1, -0.05) is 66.7 Å². The van der Waals surface area contributed by atoms with Gasteiger partial charge in [-0.15, -0.1) is 10.1 Å². The molecule has 1 fully saturated rings. The van der Waals surface area contributed by atoms with Crippen LogP contribution in [0.2, 0.25) is 0 Å². The fraction of sp³-hybridized carbons (Fsp3) is 0.326. The molecular formula is C43H46N2O10. The number of amides is 1. The third kappa shape index (κ3) is 10.1. The number of carbonyl (C=O) groups is 1. The number of fused-ring (bicyclic) bond motifs is 1. The van der Waals surface area contributed by atoms with E-state index in [0.717, 1.165) is 44.7 Å². The lowest BCUT2D eigenvalue weighted by atomic mass is 9.78. The van der Waals surface area contributed by atoms with Crippen molar-refractivity contribution in [2.45, 2.75) is 38.3 Å². The minimum atomic E-state index is -0.851. The highest BCUT2D eigenvalue weighted by Crippen LogP contribution is 2.37. The van der Waals surface area contributed by atoms with Gasteiger partial charge in [0.2, 0.25) is 0 Å². The highest BCUT2D eigenvalue weighted by atomic mass is 16.9. The van der Waals surface area contributed by atoms with Crippen molar-refractivity contribution < 1.29 is 43.5 Å². The number of nitrogens with zero attached hydrogens (tertiary/aromatic N) is 2. The number of methoxy groups -OCH3 is 2. The van der Waals surface area contributed by atoms with Crippen molar-refractivity contribution in [2.24, 2.45) is 5.92 Å². The second kappa shape index (κ2) is 19.1. The third-order valence-electron chi connectivity index (χ3n) is 9.81. The molecule has 5 aromatic rings. The highest BCUT2D eigenvalue weighted by molar-refractivity contribution is 5.94. The third-order valence-corrected chi connectivity index (χ3v) is 9.81. The molecule has 288 valence electrons. The molecule has 1 aliphatic heterocycles. The molecule has 1 saturated heterocycles. The average molecular weight is 751 g/mol. The zero-order chi connectivity index (χ0) is 38.6. The van der Waals surface area contributed by atoms with Crippen LogP contribution in [0.1, 0.15) is 45.0 Å². The van der Waals surface area contributed by atoms with Gasteiger partial charge in [0.25, 0.3) is 11.0 Å². The predicted molar refractivity (Wildman–Crippen MR) is 206 cm³/mol. The lowest BCUT2D eigenvalue weighted by Gasteiger charge is -2.43. The van der Waals surface area contributed by atoms with Gasteiger partial charge in [0.15, 0.2) is 0 Å². The maximum absolute atomic E-state index is 13.8. The van der Waals surface area contributed by atoms with Crippen LogP contribution in [0.4, 0.5) is 0 Å². The topological polar surface area (TPSA) is 139 Å². The Morgan fingerprint density at radius 3 is 2.31 bits per heavy atom. The van der Waals surface area contributed by atoms with E-state index in [0.29, 0.717) is 43.9 Å². The molecule has 3 atom stereocenters. The number of para-hydroxylation sites is 1. The number of carbonyl (C=O) groups excluding carboxylic acids is 1. The lowest BCUT2D eigenvalue weighted by molar-refractivity contribution is -0.763. The van der Waals surface area contributed by atoms with Gasteiger partial charge in [0.1, 0.15) is 23.9 Å². The van der Waals surface area contributed by atoms with E-state index in [-0.39, 0.29) is 44.1 Å². The Morgan fingerprint density at radius 1 is 0.818 bits per heavy atom. The summed E-state index contributed by atoms with van der Waals surface area (Å²) in [4.78, 5) is 30.6. The number of aliphatic hydroxyl groups excluding tert-OH is 1. The zero-order valence-corrected chi connectivity index (χ0v) is 31.0. The van der Waals surface area contributed by atoms with Crippen LogP contribution in [-0.2, 0) is 34.1 Å². The van der Waals surface area contributed by atoms with Gasteiger partial charge in [-0.25, -0.2) is 0 Å². The molecule has 0 aliphatic carbocycles. The normalized spacial score (nSPS) is 16.8. The van der Waals surface area contributed by atoms with E-state index in [4.69, 9.17) is 23.7 Å². The predicted octanol–water partition coefficient (Wildman–Crippen LogP) is 6.98.